The van der Waals surface area contributed by atoms with Crippen LogP contribution in [0.5, 0.6) is 0 Å². The number of carbonyl (C=O) groups is 1. The van der Waals surface area contributed by atoms with Gasteiger partial charge in [0.2, 0.25) is 12.1 Å². The minimum atomic E-state index is -1.18. The summed E-state index contributed by atoms with van der Waals surface area (Å²) in [6.45, 7) is 5.93. The van der Waals surface area contributed by atoms with Gasteiger partial charge in [-0.05, 0) is 31.2 Å². The smallest absolute Gasteiger partial charge is 0.291 e. The Morgan fingerprint density at radius 1 is 1.08 bits per heavy atom. The van der Waals surface area contributed by atoms with E-state index < -0.39 is 12.1 Å². The fourth-order valence-electron chi connectivity index (χ4n) is 3.65. The molecule has 8 nitrogen and oxygen atoms in total. The van der Waals surface area contributed by atoms with Gasteiger partial charge in [0, 0.05) is 16.7 Å². The number of amidine groups is 1. The number of carbonyl (C=O) groups excluding carboxylic acids is 1. The number of amides is 1. The first-order valence-corrected chi connectivity index (χ1v) is 12.3. The zero-order chi connectivity index (χ0) is 25.7. The van der Waals surface area contributed by atoms with Crippen LogP contribution in [0.15, 0.2) is 82.8 Å². The third-order valence-electron chi connectivity index (χ3n) is 5.19. The normalized spacial score (nSPS) is 15.1. The molecule has 0 saturated heterocycles. The maximum Gasteiger partial charge on any atom is 0.291 e. The standard InChI is InChI=1S/C25H20N6O2S.C2H6/c1-14-28-19-12-11-16(13-20(19)34-14)22(26)33-25(27)31-23-24(32)29-18-10-6-5-9-17(18)21(30-23)15-7-3-2-4-8-15;1-2/h2-13,23,26H,1H3,(H2,27,31)(H,29,32);1-2H3. The number of anilines is 1. The summed E-state index contributed by atoms with van der Waals surface area (Å²) in [5, 5.41) is 12.1. The Labute approximate surface area is 213 Å². The average Bonchev–Trinajstić information content (AvgIpc) is 3.21. The van der Waals surface area contributed by atoms with Crippen molar-refractivity contribution in [3.05, 3.63) is 94.5 Å². The zero-order valence-electron chi connectivity index (χ0n) is 20.1. The van der Waals surface area contributed by atoms with Crippen molar-refractivity contribution in [2.75, 3.05) is 5.32 Å². The molecule has 0 bridgehead atoms. The topological polar surface area (TPSA) is 126 Å². The fraction of sp³-hybridized carbons (Fsp3) is 0.148. The van der Waals surface area contributed by atoms with Gasteiger partial charge in [0.05, 0.1) is 26.6 Å². The highest BCUT2D eigenvalue weighted by Gasteiger charge is 2.26. The van der Waals surface area contributed by atoms with Crippen LogP contribution in [-0.2, 0) is 9.53 Å². The van der Waals surface area contributed by atoms with Gasteiger partial charge in [-0.25, -0.2) is 9.98 Å². The number of aliphatic imine (C=N–C) groups is 2. The lowest BCUT2D eigenvalue weighted by atomic mass is 10.0. The Bertz CT molecular complexity index is 1480. The van der Waals surface area contributed by atoms with Gasteiger partial charge in [-0.1, -0.05) is 62.4 Å². The molecule has 0 saturated carbocycles. The average molecular weight is 499 g/mol. The lowest BCUT2D eigenvalue weighted by Crippen LogP contribution is -2.29. The second kappa shape index (κ2) is 10.9. The summed E-state index contributed by atoms with van der Waals surface area (Å²) in [7, 11) is 0. The second-order valence-electron chi connectivity index (χ2n) is 7.57. The molecular weight excluding hydrogens is 472 g/mol. The van der Waals surface area contributed by atoms with Gasteiger partial charge in [0.25, 0.3) is 11.9 Å². The molecule has 0 fully saturated rings. The van der Waals surface area contributed by atoms with Crippen molar-refractivity contribution in [1.82, 2.24) is 4.98 Å². The molecule has 1 aliphatic rings. The van der Waals surface area contributed by atoms with Crippen LogP contribution in [0.1, 0.15) is 35.5 Å². The van der Waals surface area contributed by atoms with Crippen LogP contribution in [0.2, 0.25) is 0 Å². The van der Waals surface area contributed by atoms with Gasteiger partial charge >= 0.3 is 0 Å². The van der Waals surface area contributed by atoms with E-state index in [2.05, 4.69) is 20.3 Å². The number of rotatable bonds is 3. The molecule has 3 aromatic carbocycles. The van der Waals surface area contributed by atoms with E-state index in [9.17, 15) is 4.79 Å². The Kier molecular flexibility index (Phi) is 7.50. The number of nitrogens with two attached hydrogens (primary N) is 1. The number of hydrogen-bond acceptors (Lipinski definition) is 7. The molecule has 1 atom stereocenters. The molecule has 0 aliphatic carbocycles. The number of benzodiazepines with no additional fused rings is 1. The van der Waals surface area contributed by atoms with E-state index in [-0.39, 0.29) is 11.9 Å². The highest BCUT2D eigenvalue weighted by molar-refractivity contribution is 7.18. The Morgan fingerprint density at radius 3 is 2.58 bits per heavy atom. The SMILES string of the molecule is CC.Cc1nc2ccc(C(=N)O/C(N)=N/C3N=C(c4ccccc4)c4ccccc4NC3=O)cc2s1. The minimum Gasteiger partial charge on any atom is -0.407 e. The first kappa shape index (κ1) is 24.7. The summed E-state index contributed by atoms with van der Waals surface area (Å²) in [5.41, 5.74) is 10.2. The number of benzene rings is 3. The Hall–Kier alpha value is -4.37. The van der Waals surface area contributed by atoms with Crippen LogP contribution in [-0.4, -0.2) is 34.7 Å². The zero-order valence-corrected chi connectivity index (χ0v) is 21.0. The number of aryl methyl sites for hydroxylation is 1. The van der Waals surface area contributed by atoms with Crippen LogP contribution in [0.3, 0.4) is 0 Å². The Morgan fingerprint density at radius 2 is 1.81 bits per heavy atom. The molecule has 5 rings (SSSR count). The van der Waals surface area contributed by atoms with E-state index in [1.165, 1.54) is 11.3 Å². The lowest BCUT2D eigenvalue weighted by molar-refractivity contribution is -0.117. The largest absolute Gasteiger partial charge is 0.407 e. The van der Waals surface area contributed by atoms with Gasteiger partial charge in [-0.3, -0.25) is 10.2 Å². The van der Waals surface area contributed by atoms with E-state index in [4.69, 9.17) is 15.9 Å². The molecule has 0 radical (unpaired) electrons. The lowest BCUT2D eigenvalue weighted by Gasteiger charge is -2.10. The van der Waals surface area contributed by atoms with Crippen molar-refractivity contribution >= 4 is 50.8 Å². The Balaban J connectivity index is 0.00000148. The van der Waals surface area contributed by atoms with Crippen molar-refractivity contribution in [1.29, 1.82) is 5.41 Å². The van der Waals surface area contributed by atoms with E-state index in [0.29, 0.717) is 17.0 Å². The van der Waals surface area contributed by atoms with Gasteiger partial charge in [0.1, 0.15) is 0 Å². The molecule has 9 heteroatoms. The molecule has 4 aromatic rings. The summed E-state index contributed by atoms with van der Waals surface area (Å²) in [5.74, 6) is -0.628. The number of para-hydroxylation sites is 1. The highest BCUT2D eigenvalue weighted by Crippen LogP contribution is 2.25. The predicted octanol–water partition coefficient (Wildman–Crippen LogP) is 5.10. The molecule has 182 valence electrons. The van der Waals surface area contributed by atoms with Gasteiger partial charge < -0.3 is 15.8 Å². The third kappa shape index (κ3) is 5.31. The third-order valence-corrected chi connectivity index (χ3v) is 6.12. The summed E-state index contributed by atoms with van der Waals surface area (Å²) in [4.78, 5) is 26.1. The van der Waals surface area contributed by atoms with Gasteiger partial charge in [0.15, 0.2) is 0 Å². The highest BCUT2D eigenvalue weighted by atomic mass is 32.1. The maximum atomic E-state index is 12.9. The molecule has 1 unspecified atom stereocenters. The van der Waals surface area contributed by atoms with E-state index >= 15 is 0 Å². The molecular formula is C27H26N6O2S. The molecule has 0 spiro atoms. The van der Waals surface area contributed by atoms with Gasteiger partial charge in [-0.15, -0.1) is 11.3 Å². The fourth-order valence-corrected chi connectivity index (χ4v) is 4.52. The molecule has 4 N–H and O–H groups in total. The quantitative estimate of drug-likeness (QED) is 0.268. The van der Waals surface area contributed by atoms with Crippen LogP contribution in [0.4, 0.5) is 5.69 Å². The summed E-state index contributed by atoms with van der Waals surface area (Å²) >= 11 is 1.53. The molecule has 1 aromatic heterocycles. The number of nitrogens with zero attached hydrogens (tertiary/aromatic N) is 3. The van der Waals surface area contributed by atoms with E-state index in [1.807, 2.05) is 87.5 Å². The van der Waals surface area contributed by atoms with Crippen molar-refractivity contribution in [3.63, 3.8) is 0 Å². The van der Waals surface area contributed by atoms with Crippen molar-refractivity contribution in [2.24, 2.45) is 15.7 Å². The molecule has 36 heavy (non-hydrogen) atoms. The van der Waals surface area contributed by atoms with Gasteiger partial charge in [-0.2, -0.15) is 4.99 Å². The van der Waals surface area contributed by atoms with E-state index in [1.54, 1.807) is 6.07 Å². The number of ether oxygens (including phenoxy) is 1. The summed E-state index contributed by atoms with van der Waals surface area (Å²) in [6.07, 6.45) is -1.18. The summed E-state index contributed by atoms with van der Waals surface area (Å²) in [6, 6.07) is 22.0. The van der Waals surface area contributed by atoms with Crippen molar-refractivity contribution < 1.29 is 9.53 Å². The second-order valence-corrected chi connectivity index (χ2v) is 8.80. The van der Waals surface area contributed by atoms with Crippen molar-refractivity contribution in [3.8, 4) is 0 Å². The first-order valence-electron chi connectivity index (χ1n) is 11.5. The van der Waals surface area contributed by atoms with Crippen molar-refractivity contribution in [2.45, 2.75) is 26.9 Å². The molecule has 2 heterocycles. The van der Waals surface area contributed by atoms with E-state index in [0.717, 1.165) is 26.4 Å². The van der Waals surface area contributed by atoms with Crippen LogP contribution >= 0.6 is 11.3 Å². The first-order chi connectivity index (χ1) is 17.5. The van der Waals surface area contributed by atoms with Crippen LogP contribution in [0.25, 0.3) is 10.2 Å². The number of fused-ring (bicyclic) bond motifs is 2. The maximum absolute atomic E-state index is 12.9. The van der Waals surface area contributed by atoms with Crippen LogP contribution in [0, 0.1) is 12.3 Å². The number of aromatic nitrogens is 1. The summed E-state index contributed by atoms with van der Waals surface area (Å²) < 4.78 is 6.39. The number of thiazole rings is 1. The number of nitrogens with one attached hydrogen (secondary N) is 2. The minimum absolute atomic E-state index is 0.182. The monoisotopic (exact) mass is 498 g/mol. The molecule has 1 amide bonds. The van der Waals surface area contributed by atoms with Crippen LogP contribution < -0.4 is 11.1 Å². The number of hydrogen-bond donors (Lipinski definition) is 3. The molecule has 1 aliphatic heterocycles. The predicted molar refractivity (Wildman–Crippen MR) is 146 cm³/mol.